The highest BCUT2D eigenvalue weighted by Crippen LogP contribution is 2.51. The van der Waals surface area contributed by atoms with Gasteiger partial charge in [0.25, 0.3) is 0 Å². The summed E-state index contributed by atoms with van der Waals surface area (Å²) in [5.74, 6) is 5.65. The molecular weight excluding hydrogens is 603 g/mol. The highest BCUT2D eigenvalue weighted by Gasteiger charge is 2.42. The maximum atomic E-state index is 4.01. The zero-order chi connectivity index (χ0) is 34.8. The first-order valence-corrected chi connectivity index (χ1v) is 21.3. The van der Waals surface area contributed by atoms with Gasteiger partial charge < -0.3 is 5.32 Å². The molecule has 8 atom stereocenters. The minimum atomic E-state index is 0.521. The molecule has 5 aliphatic carbocycles. The van der Waals surface area contributed by atoms with E-state index < -0.39 is 0 Å². The van der Waals surface area contributed by atoms with Crippen LogP contribution in [0, 0.1) is 41.4 Å². The molecule has 0 saturated heterocycles. The van der Waals surface area contributed by atoms with Gasteiger partial charge in [0, 0.05) is 12.6 Å². The first-order chi connectivity index (χ1) is 24.7. The SMILES string of the molecule is C=C/C=C\CC1CC=C(C2CCC(C(C)C/C=C(/C/C=C\CCCCCCCC=C)CN[C@@H]3C=C4C=CCCC4CC3)C3CCC=CC23)CC1. The van der Waals surface area contributed by atoms with Gasteiger partial charge in [-0.15, -0.1) is 6.58 Å². The van der Waals surface area contributed by atoms with Gasteiger partial charge in [-0.05, 0) is 163 Å². The van der Waals surface area contributed by atoms with Gasteiger partial charge in [-0.1, -0.05) is 123 Å². The fraction of sp³-hybridized carbons (Fsp3) is 0.633. The number of nitrogens with one attached hydrogen (secondary N) is 1. The molecule has 274 valence electrons. The minimum absolute atomic E-state index is 0.521. The molecule has 0 aromatic carbocycles. The van der Waals surface area contributed by atoms with Gasteiger partial charge in [0.05, 0.1) is 0 Å². The Hall–Kier alpha value is -2.38. The molecule has 0 bridgehead atoms. The van der Waals surface area contributed by atoms with Gasteiger partial charge in [-0.2, -0.15) is 0 Å². The Balaban J connectivity index is 1.16. The van der Waals surface area contributed by atoms with E-state index >= 15 is 0 Å². The molecule has 0 aromatic rings. The highest BCUT2D eigenvalue weighted by molar-refractivity contribution is 5.29. The largest absolute Gasteiger partial charge is 0.307 e. The number of allylic oxidation sites excluding steroid dienone is 14. The summed E-state index contributed by atoms with van der Waals surface area (Å²) in [7, 11) is 0. The van der Waals surface area contributed by atoms with E-state index in [4.69, 9.17) is 0 Å². The Morgan fingerprint density at radius 3 is 2.60 bits per heavy atom. The number of unbranched alkanes of at least 4 members (excludes halogenated alkanes) is 6. The van der Waals surface area contributed by atoms with Gasteiger partial charge in [0.15, 0.2) is 0 Å². The number of rotatable bonds is 20. The zero-order valence-electron chi connectivity index (χ0n) is 32.1. The first kappa shape index (κ1) is 38.8. The molecule has 1 fully saturated rings. The molecule has 50 heavy (non-hydrogen) atoms. The van der Waals surface area contributed by atoms with Crippen LogP contribution in [0.1, 0.15) is 142 Å². The lowest BCUT2D eigenvalue weighted by Crippen LogP contribution is -2.39. The molecule has 0 aromatic heterocycles. The highest BCUT2D eigenvalue weighted by atomic mass is 14.9. The van der Waals surface area contributed by atoms with E-state index in [-0.39, 0.29) is 0 Å². The quantitative estimate of drug-likeness (QED) is 0.0769. The second-order valence-electron chi connectivity index (χ2n) is 16.7. The number of hydrogen-bond acceptors (Lipinski definition) is 1. The van der Waals surface area contributed by atoms with Crippen molar-refractivity contribution in [1.82, 2.24) is 5.32 Å². The van der Waals surface area contributed by atoms with Crippen molar-refractivity contribution >= 4 is 0 Å². The Morgan fingerprint density at radius 1 is 0.900 bits per heavy atom. The molecule has 1 heteroatoms. The summed E-state index contributed by atoms with van der Waals surface area (Å²) in [6.07, 6.45) is 58.7. The molecular formula is C49H73N. The second-order valence-corrected chi connectivity index (χ2v) is 16.7. The van der Waals surface area contributed by atoms with Crippen LogP contribution in [-0.2, 0) is 0 Å². The fourth-order valence-electron chi connectivity index (χ4n) is 10.2. The predicted octanol–water partition coefficient (Wildman–Crippen LogP) is 13.9. The summed E-state index contributed by atoms with van der Waals surface area (Å²) < 4.78 is 0. The average molecular weight is 676 g/mol. The molecule has 1 nitrogen and oxygen atoms in total. The van der Waals surface area contributed by atoms with Gasteiger partial charge in [0.1, 0.15) is 0 Å². The van der Waals surface area contributed by atoms with Crippen molar-refractivity contribution < 1.29 is 0 Å². The average Bonchev–Trinajstić information content (AvgIpc) is 3.16. The lowest BCUT2D eigenvalue weighted by Gasteiger charge is -2.47. The summed E-state index contributed by atoms with van der Waals surface area (Å²) in [6, 6.07) is 0.521. The van der Waals surface area contributed by atoms with Gasteiger partial charge in [0.2, 0.25) is 0 Å². The third-order valence-electron chi connectivity index (χ3n) is 13.2. The summed E-state index contributed by atoms with van der Waals surface area (Å²) >= 11 is 0. The normalized spacial score (nSPS) is 30.5. The van der Waals surface area contributed by atoms with E-state index in [0.717, 1.165) is 54.4 Å². The summed E-state index contributed by atoms with van der Waals surface area (Å²) in [6.45, 7) is 11.3. The fourth-order valence-corrected chi connectivity index (χ4v) is 10.2. The molecule has 0 radical (unpaired) electrons. The molecule has 0 heterocycles. The van der Waals surface area contributed by atoms with Crippen LogP contribution in [0.4, 0.5) is 0 Å². The van der Waals surface area contributed by atoms with E-state index in [1.54, 1.807) is 11.1 Å². The number of hydrogen-bond donors (Lipinski definition) is 1. The van der Waals surface area contributed by atoms with Crippen molar-refractivity contribution in [3.05, 3.63) is 109 Å². The van der Waals surface area contributed by atoms with E-state index in [1.807, 2.05) is 11.6 Å². The van der Waals surface area contributed by atoms with Crippen LogP contribution in [0.2, 0.25) is 0 Å². The Bertz CT molecular complexity index is 1250. The Kier molecular flexibility index (Phi) is 17.0. The van der Waals surface area contributed by atoms with Gasteiger partial charge in [-0.3, -0.25) is 0 Å². The maximum absolute atomic E-state index is 4.01. The smallest absolute Gasteiger partial charge is 0.0259 e. The molecule has 0 spiro atoms. The molecule has 5 rings (SSSR count). The zero-order valence-corrected chi connectivity index (χ0v) is 32.1. The predicted molar refractivity (Wildman–Crippen MR) is 220 cm³/mol. The summed E-state index contributed by atoms with van der Waals surface area (Å²) in [4.78, 5) is 0. The van der Waals surface area contributed by atoms with Crippen molar-refractivity contribution in [2.45, 2.75) is 148 Å². The second kappa shape index (κ2) is 21.9. The van der Waals surface area contributed by atoms with Crippen LogP contribution in [0.15, 0.2) is 109 Å². The Labute approximate surface area is 309 Å². The third-order valence-corrected chi connectivity index (χ3v) is 13.2. The first-order valence-electron chi connectivity index (χ1n) is 21.3. The van der Waals surface area contributed by atoms with E-state index in [0.29, 0.717) is 6.04 Å². The lowest BCUT2D eigenvalue weighted by atomic mass is 9.58. The molecule has 5 aliphatic rings. The molecule has 7 unspecified atom stereocenters. The van der Waals surface area contributed by atoms with Crippen LogP contribution in [0.5, 0.6) is 0 Å². The summed E-state index contributed by atoms with van der Waals surface area (Å²) in [5.41, 5.74) is 5.01. The van der Waals surface area contributed by atoms with Crippen LogP contribution in [0.3, 0.4) is 0 Å². The van der Waals surface area contributed by atoms with Gasteiger partial charge >= 0.3 is 0 Å². The van der Waals surface area contributed by atoms with Crippen molar-refractivity contribution in [2.24, 2.45) is 41.4 Å². The summed E-state index contributed by atoms with van der Waals surface area (Å²) in [5, 5.41) is 4.01. The Morgan fingerprint density at radius 2 is 1.76 bits per heavy atom. The monoisotopic (exact) mass is 676 g/mol. The van der Waals surface area contributed by atoms with E-state index in [2.05, 4.69) is 98.3 Å². The maximum Gasteiger partial charge on any atom is 0.0259 e. The van der Waals surface area contributed by atoms with E-state index in [9.17, 15) is 0 Å². The molecule has 1 N–H and O–H groups in total. The minimum Gasteiger partial charge on any atom is -0.307 e. The van der Waals surface area contributed by atoms with Crippen LogP contribution in [0.25, 0.3) is 0 Å². The van der Waals surface area contributed by atoms with Crippen molar-refractivity contribution in [3.63, 3.8) is 0 Å². The standard InChI is InChI=1S/C49H73N/c1-4-6-8-9-10-11-12-13-14-16-22-41(38-50-45-34-33-42-23-17-18-24-44(42)37-45)28-27-39(3)46-35-36-47(49-26-20-19-25-48(46)49)43-31-29-40(30-32-43)21-15-7-5-2/h4-5,7,14-16,18,20,24,26,28,31,37,39-40,42,45-50H,1-2,6,8-13,17,19,21-23,25,27,29-30,32-36,38H2,3H3/b15-7-,16-14-,41-28-/t39?,40?,42?,45-,46?,47?,48?,49?/m0/s1. The van der Waals surface area contributed by atoms with Crippen LogP contribution >= 0.6 is 0 Å². The van der Waals surface area contributed by atoms with Crippen molar-refractivity contribution in [1.29, 1.82) is 0 Å². The van der Waals surface area contributed by atoms with Crippen LogP contribution < -0.4 is 5.32 Å². The number of fused-ring (bicyclic) bond motifs is 2. The molecule has 0 amide bonds. The van der Waals surface area contributed by atoms with Crippen molar-refractivity contribution in [3.8, 4) is 0 Å². The molecule has 0 aliphatic heterocycles. The van der Waals surface area contributed by atoms with E-state index in [1.165, 1.54) is 128 Å². The topological polar surface area (TPSA) is 12.0 Å². The van der Waals surface area contributed by atoms with Gasteiger partial charge in [-0.25, -0.2) is 0 Å². The molecule has 1 saturated carbocycles. The van der Waals surface area contributed by atoms with Crippen LogP contribution in [-0.4, -0.2) is 12.6 Å². The van der Waals surface area contributed by atoms with Crippen molar-refractivity contribution in [2.75, 3.05) is 6.54 Å². The lowest BCUT2D eigenvalue weighted by molar-refractivity contribution is 0.0843. The third kappa shape index (κ3) is 12.1.